The number of rotatable bonds is 4. The second-order valence-electron chi connectivity index (χ2n) is 4.85. The first-order valence-electron chi connectivity index (χ1n) is 6.26. The molecule has 0 spiro atoms. The van der Waals surface area contributed by atoms with Gasteiger partial charge in [-0.1, -0.05) is 6.07 Å². The van der Waals surface area contributed by atoms with Gasteiger partial charge >= 0.3 is 6.18 Å². The number of aromatic nitrogens is 2. The van der Waals surface area contributed by atoms with E-state index in [1.165, 1.54) is 6.07 Å². The Balaban J connectivity index is 2.27. The molecule has 1 heterocycles. The highest BCUT2D eigenvalue weighted by Gasteiger charge is 2.33. The van der Waals surface area contributed by atoms with Crippen LogP contribution in [-0.4, -0.2) is 16.8 Å². The molecule has 0 saturated carbocycles. The number of hydrogen-bond acceptors (Lipinski definition) is 2. The van der Waals surface area contributed by atoms with Gasteiger partial charge in [0.25, 0.3) is 0 Å². The SMILES string of the molecule is CN(Cc1cnn(C)c1)c1ccc(CCl)c(C(F)(F)F)c1. The van der Waals surface area contributed by atoms with Crippen molar-refractivity contribution in [3.63, 3.8) is 0 Å². The van der Waals surface area contributed by atoms with Gasteiger partial charge in [-0.15, -0.1) is 11.6 Å². The fourth-order valence-corrected chi connectivity index (χ4v) is 2.33. The van der Waals surface area contributed by atoms with E-state index >= 15 is 0 Å². The predicted octanol–water partition coefficient (Wildman–Crippen LogP) is 3.81. The highest BCUT2D eigenvalue weighted by molar-refractivity contribution is 6.17. The Bertz CT molecular complexity index is 622. The molecule has 3 nitrogen and oxygen atoms in total. The van der Waals surface area contributed by atoms with Gasteiger partial charge in [0, 0.05) is 44.0 Å². The van der Waals surface area contributed by atoms with Gasteiger partial charge in [0.15, 0.2) is 0 Å². The van der Waals surface area contributed by atoms with Crippen molar-refractivity contribution in [1.29, 1.82) is 0 Å². The summed E-state index contributed by atoms with van der Waals surface area (Å²) >= 11 is 5.58. The number of alkyl halides is 4. The van der Waals surface area contributed by atoms with Crippen LogP contribution in [0.5, 0.6) is 0 Å². The van der Waals surface area contributed by atoms with Crippen LogP contribution in [-0.2, 0) is 25.6 Å². The maximum atomic E-state index is 13.0. The fourth-order valence-electron chi connectivity index (χ4n) is 2.10. The quantitative estimate of drug-likeness (QED) is 0.799. The molecule has 0 amide bonds. The number of benzene rings is 1. The summed E-state index contributed by atoms with van der Waals surface area (Å²) in [4.78, 5) is 1.74. The van der Waals surface area contributed by atoms with E-state index in [1.54, 1.807) is 35.9 Å². The molecular formula is C14H15ClF3N3. The van der Waals surface area contributed by atoms with Crippen LogP contribution in [0.15, 0.2) is 30.6 Å². The molecule has 0 aliphatic heterocycles. The van der Waals surface area contributed by atoms with E-state index in [4.69, 9.17) is 11.6 Å². The number of hydrogen-bond donors (Lipinski definition) is 0. The Labute approximate surface area is 125 Å². The lowest BCUT2D eigenvalue weighted by Gasteiger charge is -2.21. The van der Waals surface area contributed by atoms with Crippen molar-refractivity contribution in [2.75, 3.05) is 11.9 Å². The van der Waals surface area contributed by atoms with Crippen molar-refractivity contribution in [3.05, 3.63) is 47.3 Å². The van der Waals surface area contributed by atoms with Crippen LogP contribution in [0.4, 0.5) is 18.9 Å². The Kier molecular flexibility index (Phi) is 4.46. The molecule has 1 aromatic heterocycles. The third-order valence-corrected chi connectivity index (χ3v) is 3.45. The lowest BCUT2D eigenvalue weighted by Crippen LogP contribution is -2.18. The van der Waals surface area contributed by atoms with Crippen LogP contribution in [0, 0.1) is 0 Å². The van der Waals surface area contributed by atoms with Crippen LogP contribution in [0.2, 0.25) is 0 Å². The van der Waals surface area contributed by atoms with Crippen molar-refractivity contribution in [2.45, 2.75) is 18.6 Å². The van der Waals surface area contributed by atoms with Crippen LogP contribution < -0.4 is 4.90 Å². The second-order valence-corrected chi connectivity index (χ2v) is 5.12. The van der Waals surface area contributed by atoms with Gasteiger partial charge in [0.1, 0.15) is 0 Å². The molecule has 0 N–H and O–H groups in total. The summed E-state index contributed by atoms with van der Waals surface area (Å²) in [6, 6.07) is 4.20. The van der Waals surface area contributed by atoms with E-state index in [-0.39, 0.29) is 11.4 Å². The zero-order chi connectivity index (χ0) is 15.6. The number of nitrogens with zero attached hydrogens (tertiary/aromatic N) is 3. The third-order valence-electron chi connectivity index (χ3n) is 3.16. The monoisotopic (exact) mass is 317 g/mol. The predicted molar refractivity (Wildman–Crippen MR) is 76.3 cm³/mol. The summed E-state index contributed by atoms with van der Waals surface area (Å²) in [5, 5.41) is 4.04. The largest absolute Gasteiger partial charge is 0.416 e. The molecule has 0 radical (unpaired) electrons. The van der Waals surface area contributed by atoms with E-state index < -0.39 is 11.7 Å². The second kappa shape index (κ2) is 5.97. The first-order valence-corrected chi connectivity index (χ1v) is 6.79. The van der Waals surface area contributed by atoms with E-state index in [0.29, 0.717) is 12.2 Å². The Morgan fingerprint density at radius 2 is 2.05 bits per heavy atom. The van der Waals surface area contributed by atoms with E-state index in [9.17, 15) is 13.2 Å². The highest BCUT2D eigenvalue weighted by atomic mass is 35.5. The summed E-state index contributed by atoms with van der Waals surface area (Å²) in [7, 11) is 3.53. The molecule has 2 rings (SSSR count). The minimum Gasteiger partial charge on any atom is -0.370 e. The van der Waals surface area contributed by atoms with Crippen LogP contribution in [0.25, 0.3) is 0 Å². The molecule has 0 bridgehead atoms. The van der Waals surface area contributed by atoms with Crippen LogP contribution >= 0.6 is 11.6 Å². The first-order chi connectivity index (χ1) is 9.81. The molecule has 0 aliphatic carbocycles. The van der Waals surface area contributed by atoms with Gasteiger partial charge < -0.3 is 4.90 Å². The molecule has 0 saturated heterocycles. The van der Waals surface area contributed by atoms with Crippen LogP contribution in [0.3, 0.4) is 0 Å². The topological polar surface area (TPSA) is 21.1 Å². The zero-order valence-electron chi connectivity index (χ0n) is 11.7. The van der Waals surface area contributed by atoms with E-state index in [0.717, 1.165) is 11.6 Å². The minimum atomic E-state index is -4.41. The highest BCUT2D eigenvalue weighted by Crippen LogP contribution is 2.35. The van der Waals surface area contributed by atoms with Gasteiger partial charge in [0.05, 0.1) is 11.8 Å². The maximum Gasteiger partial charge on any atom is 0.416 e. The van der Waals surface area contributed by atoms with E-state index in [2.05, 4.69) is 5.10 Å². The summed E-state index contributed by atoms with van der Waals surface area (Å²) in [5.74, 6) is -0.165. The molecule has 2 aromatic rings. The normalized spacial score (nSPS) is 11.7. The van der Waals surface area contributed by atoms with Gasteiger partial charge in [-0.3, -0.25) is 4.68 Å². The minimum absolute atomic E-state index is 0.0858. The van der Waals surface area contributed by atoms with Gasteiger partial charge in [-0.2, -0.15) is 18.3 Å². The maximum absolute atomic E-state index is 13.0. The van der Waals surface area contributed by atoms with Crippen molar-refractivity contribution < 1.29 is 13.2 Å². The zero-order valence-corrected chi connectivity index (χ0v) is 12.4. The summed E-state index contributed by atoms with van der Waals surface area (Å²) in [6.07, 6.45) is -0.891. The molecule has 0 atom stereocenters. The Morgan fingerprint density at radius 3 is 2.57 bits per heavy atom. The molecule has 0 aliphatic rings. The lowest BCUT2D eigenvalue weighted by atomic mass is 10.1. The summed E-state index contributed by atoms with van der Waals surface area (Å²) in [6.45, 7) is 0.478. The number of halogens is 4. The van der Waals surface area contributed by atoms with Gasteiger partial charge in [-0.25, -0.2) is 0 Å². The molecule has 0 fully saturated rings. The molecule has 7 heteroatoms. The molecular weight excluding hydrogens is 303 g/mol. The summed E-state index contributed by atoms with van der Waals surface area (Å²) in [5.41, 5.74) is 0.811. The van der Waals surface area contributed by atoms with Gasteiger partial charge in [0.2, 0.25) is 0 Å². The molecule has 114 valence electrons. The average Bonchev–Trinajstić information content (AvgIpc) is 2.82. The summed E-state index contributed by atoms with van der Waals surface area (Å²) < 4.78 is 40.7. The Morgan fingerprint density at radius 1 is 1.33 bits per heavy atom. The van der Waals surface area contributed by atoms with Crippen molar-refractivity contribution in [1.82, 2.24) is 9.78 Å². The molecule has 1 aromatic carbocycles. The van der Waals surface area contributed by atoms with E-state index in [1.807, 2.05) is 6.20 Å². The van der Waals surface area contributed by atoms with Crippen LogP contribution in [0.1, 0.15) is 16.7 Å². The van der Waals surface area contributed by atoms with Crippen molar-refractivity contribution >= 4 is 17.3 Å². The van der Waals surface area contributed by atoms with Crippen molar-refractivity contribution in [2.24, 2.45) is 7.05 Å². The lowest BCUT2D eigenvalue weighted by molar-refractivity contribution is -0.138. The average molecular weight is 318 g/mol. The standard InChI is InChI=1S/C14H15ClF3N3/c1-20(8-10-7-19-21(2)9-10)12-4-3-11(6-15)13(5-12)14(16,17)18/h3-5,7,9H,6,8H2,1-2H3. The fraction of sp³-hybridized carbons (Fsp3) is 0.357. The van der Waals surface area contributed by atoms with Crippen molar-refractivity contribution in [3.8, 4) is 0 Å². The number of aryl methyl sites for hydroxylation is 1. The third kappa shape index (κ3) is 3.69. The first kappa shape index (κ1) is 15.7. The van der Waals surface area contributed by atoms with Gasteiger partial charge in [-0.05, 0) is 17.7 Å². The molecule has 21 heavy (non-hydrogen) atoms. The number of anilines is 1. The Hall–Kier alpha value is -1.69. The smallest absolute Gasteiger partial charge is 0.370 e. The molecule has 0 unspecified atom stereocenters.